The molecule has 0 aliphatic rings. The molecular weight excluding hydrogens is 279 g/mol. The zero-order valence-electron chi connectivity index (χ0n) is 11.5. The van der Waals surface area contributed by atoms with Crippen LogP contribution in [0, 0.1) is 6.92 Å². The second-order valence-corrected chi connectivity index (χ2v) is 4.72. The van der Waals surface area contributed by atoms with Crippen molar-refractivity contribution in [3.05, 3.63) is 65.2 Å². The van der Waals surface area contributed by atoms with Gasteiger partial charge >= 0.3 is 6.18 Å². The second kappa shape index (κ2) is 6.18. The molecular formula is C16H16F3NO. The van der Waals surface area contributed by atoms with Gasteiger partial charge in [-0.25, -0.2) is 0 Å². The minimum atomic E-state index is -4.39. The van der Waals surface area contributed by atoms with Gasteiger partial charge in [0.15, 0.2) is 0 Å². The molecule has 0 saturated carbocycles. The van der Waals surface area contributed by atoms with E-state index in [0.717, 1.165) is 23.3 Å². The Kier molecular flexibility index (Phi) is 4.53. The van der Waals surface area contributed by atoms with Gasteiger partial charge in [-0.3, -0.25) is 0 Å². The minimum absolute atomic E-state index is 0.156. The number of hydrogen-bond acceptors (Lipinski definition) is 2. The van der Waals surface area contributed by atoms with Gasteiger partial charge in [0.05, 0.1) is 5.56 Å². The monoisotopic (exact) mass is 295 g/mol. The van der Waals surface area contributed by atoms with E-state index in [9.17, 15) is 13.2 Å². The van der Waals surface area contributed by atoms with E-state index in [4.69, 9.17) is 10.5 Å². The van der Waals surface area contributed by atoms with E-state index >= 15 is 0 Å². The van der Waals surface area contributed by atoms with Crippen LogP contribution in [0.15, 0.2) is 48.5 Å². The summed E-state index contributed by atoms with van der Waals surface area (Å²) in [4.78, 5) is 0. The molecule has 0 radical (unpaired) electrons. The van der Waals surface area contributed by atoms with Crippen molar-refractivity contribution < 1.29 is 17.9 Å². The van der Waals surface area contributed by atoms with Crippen molar-refractivity contribution in [2.75, 3.05) is 6.54 Å². The normalized spacial score (nSPS) is 13.0. The highest BCUT2D eigenvalue weighted by Crippen LogP contribution is 2.32. The zero-order chi connectivity index (χ0) is 15.5. The maximum atomic E-state index is 12.7. The van der Waals surface area contributed by atoms with E-state index in [0.29, 0.717) is 0 Å². The molecule has 2 N–H and O–H groups in total. The molecule has 2 aromatic carbocycles. The van der Waals surface area contributed by atoms with Crippen LogP contribution in [0.3, 0.4) is 0 Å². The molecule has 0 aromatic heterocycles. The van der Waals surface area contributed by atoms with Crippen LogP contribution in [0.2, 0.25) is 0 Å². The molecule has 0 spiro atoms. The molecule has 5 heteroatoms. The Morgan fingerprint density at radius 1 is 1.10 bits per heavy atom. The van der Waals surface area contributed by atoms with Crippen LogP contribution in [0.5, 0.6) is 5.75 Å². The van der Waals surface area contributed by atoms with Gasteiger partial charge in [0.1, 0.15) is 11.9 Å². The van der Waals surface area contributed by atoms with Crippen molar-refractivity contribution in [3.63, 3.8) is 0 Å². The van der Waals surface area contributed by atoms with Crippen LogP contribution in [-0.2, 0) is 6.18 Å². The summed E-state index contributed by atoms with van der Waals surface area (Å²) in [5.41, 5.74) is 6.82. The first-order valence-corrected chi connectivity index (χ1v) is 6.51. The van der Waals surface area contributed by atoms with Gasteiger partial charge in [-0.1, -0.05) is 30.3 Å². The highest BCUT2D eigenvalue weighted by molar-refractivity contribution is 5.33. The third kappa shape index (κ3) is 3.76. The molecule has 0 saturated heterocycles. The number of benzene rings is 2. The molecule has 0 aliphatic heterocycles. The third-order valence-electron chi connectivity index (χ3n) is 3.19. The molecule has 1 unspecified atom stereocenters. The fourth-order valence-electron chi connectivity index (χ4n) is 2.10. The van der Waals surface area contributed by atoms with Crippen LogP contribution >= 0.6 is 0 Å². The molecule has 2 aromatic rings. The summed E-state index contributed by atoms with van der Waals surface area (Å²) >= 11 is 0. The summed E-state index contributed by atoms with van der Waals surface area (Å²) < 4.78 is 43.7. The number of hydrogen-bond donors (Lipinski definition) is 1. The molecule has 0 aliphatic carbocycles. The second-order valence-electron chi connectivity index (χ2n) is 4.72. The summed E-state index contributed by atoms with van der Waals surface area (Å²) in [5, 5.41) is 0. The van der Waals surface area contributed by atoms with Crippen LogP contribution in [0.25, 0.3) is 0 Å². The zero-order valence-corrected chi connectivity index (χ0v) is 11.5. The molecule has 1 atom stereocenters. The van der Waals surface area contributed by atoms with Gasteiger partial charge in [-0.05, 0) is 36.2 Å². The molecule has 0 heterocycles. The largest absolute Gasteiger partial charge is 0.484 e. The quantitative estimate of drug-likeness (QED) is 0.922. The topological polar surface area (TPSA) is 35.2 Å². The Balaban J connectivity index is 2.26. The first-order chi connectivity index (χ1) is 9.91. The summed E-state index contributed by atoms with van der Waals surface area (Å²) in [6.07, 6.45) is -4.87. The van der Waals surface area contributed by atoms with Crippen molar-refractivity contribution in [1.82, 2.24) is 0 Å². The summed E-state index contributed by atoms with van der Waals surface area (Å²) in [5.74, 6) is 0.156. The van der Waals surface area contributed by atoms with Gasteiger partial charge < -0.3 is 10.5 Å². The Morgan fingerprint density at radius 3 is 2.43 bits per heavy atom. The molecule has 0 amide bonds. The predicted octanol–water partition coefficient (Wildman–Crippen LogP) is 4.09. The number of alkyl halides is 3. The minimum Gasteiger partial charge on any atom is -0.484 e. The SMILES string of the molecule is Cc1ccccc1C(CN)Oc1cccc(C(F)(F)F)c1. The van der Waals surface area contributed by atoms with E-state index in [-0.39, 0.29) is 12.3 Å². The highest BCUT2D eigenvalue weighted by atomic mass is 19.4. The van der Waals surface area contributed by atoms with Gasteiger partial charge in [-0.15, -0.1) is 0 Å². The molecule has 112 valence electrons. The number of ether oxygens (including phenoxy) is 1. The Morgan fingerprint density at radius 2 is 1.81 bits per heavy atom. The first kappa shape index (κ1) is 15.4. The van der Waals surface area contributed by atoms with Gasteiger partial charge in [0.2, 0.25) is 0 Å². The van der Waals surface area contributed by atoms with Gasteiger partial charge in [-0.2, -0.15) is 13.2 Å². The third-order valence-corrected chi connectivity index (χ3v) is 3.19. The summed E-state index contributed by atoms with van der Waals surface area (Å²) in [7, 11) is 0. The highest BCUT2D eigenvalue weighted by Gasteiger charge is 2.30. The van der Waals surface area contributed by atoms with Crippen LogP contribution in [-0.4, -0.2) is 6.54 Å². The average molecular weight is 295 g/mol. The number of rotatable bonds is 4. The standard InChI is InChI=1S/C16H16F3NO/c1-11-5-2-3-8-14(11)15(10-20)21-13-7-4-6-12(9-13)16(17,18)19/h2-9,15H,10,20H2,1H3. The van der Waals surface area contributed by atoms with Crippen molar-refractivity contribution in [2.45, 2.75) is 19.2 Å². The Bertz CT molecular complexity index is 610. The van der Waals surface area contributed by atoms with Gasteiger partial charge in [0.25, 0.3) is 0 Å². The molecule has 0 bridgehead atoms. The van der Waals surface area contributed by atoms with E-state index in [1.165, 1.54) is 12.1 Å². The Labute approximate surface area is 121 Å². The lowest BCUT2D eigenvalue weighted by atomic mass is 10.0. The van der Waals surface area contributed by atoms with Crippen LogP contribution in [0.4, 0.5) is 13.2 Å². The van der Waals surface area contributed by atoms with Crippen molar-refractivity contribution >= 4 is 0 Å². The maximum absolute atomic E-state index is 12.7. The van der Waals surface area contributed by atoms with E-state index < -0.39 is 17.8 Å². The fraction of sp³-hybridized carbons (Fsp3) is 0.250. The molecule has 21 heavy (non-hydrogen) atoms. The number of aryl methyl sites for hydroxylation is 1. The van der Waals surface area contributed by atoms with Crippen LogP contribution < -0.4 is 10.5 Å². The predicted molar refractivity (Wildman–Crippen MR) is 75.0 cm³/mol. The van der Waals surface area contributed by atoms with Crippen molar-refractivity contribution in [3.8, 4) is 5.75 Å². The number of halogens is 3. The van der Waals surface area contributed by atoms with E-state index in [1.807, 2.05) is 31.2 Å². The van der Waals surface area contributed by atoms with Crippen molar-refractivity contribution in [2.24, 2.45) is 5.73 Å². The first-order valence-electron chi connectivity index (χ1n) is 6.51. The lowest BCUT2D eigenvalue weighted by Gasteiger charge is -2.20. The average Bonchev–Trinajstić information content (AvgIpc) is 2.45. The number of nitrogens with two attached hydrogens (primary N) is 1. The summed E-state index contributed by atoms with van der Waals surface area (Å²) in [6, 6.07) is 12.3. The summed E-state index contributed by atoms with van der Waals surface area (Å²) in [6.45, 7) is 2.09. The van der Waals surface area contributed by atoms with E-state index in [1.54, 1.807) is 0 Å². The molecule has 2 rings (SSSR count). The fourth-order valence-corrected chi connectivity index (χ4v) is 2.10. The van der Waals surface area contributed by atoms with Crippen molar-refractivity contribution in [1.29, 1.82) is 0 Å². The van der Waals surface area contributed by atoms with E-state index in [2.05, 4.69) is 0 Å². The lowest BCUT2D eigenvalue weighted by molar-refractivity contribution is -0.137. The Hall–Kier alpha value is -2.01. The smallest absolute Gasteiger partial charge is 0.416 e. The molecule has 2 nitrogen and oxygen atoms in total. The lowest BCUT2D eigenvalue weighted by Crippen LogP contribution is -2.19. The molecule has 0 fully saturated rings. The maximum Gasteiger partial charge on any atom is 0.416 e. The van der Waals surface area contributed by atoms with Gasteiger partial charge in [0, 0.05) is 6.54 Å². The van der Waals surface area contributed by atoms with Crippen LogP contribution in [0.1, 0.15) is 22.8 Å².